The van der Waals surface area contributed by atoms with Gasteiger partial charge in [0.15, 0.2) is 0 Å². The third-order valence-corrected chi connectivity index (χ3v) is 4.06. The standard InChI is InChI=1S/C22H21NO2/c1-23-22(24)15-18-11-5-6-12-19(18)20-13-7-8-14-21(20)25-16-17-9-3-2-4-10-17/h2-14H,15-16H2,1H3,(H,23,24). The third-order valence-electron chi connectivity index (χ3n) is 4.06. The zero-order valence-electron chi connectivity index (χ0n) is 14.2. The zero-order chi connectivity index (χ0) is 17.5. The summed E-state index contributed by atoms with van der Waals surface area (Å²) in [6.07, 6.45) is 0.347. The molecule has 0 unspecified atom stereocenters. The van der Waals surface area contributed by atoms with Crippen molar-refractivity contribution in [3.63, 3.8) is 0 Å². The Bertz CT molecular complexity index is 843. The van der Waals surface area contributed by atoms with E-state index in [1.807, 2.05) is 78.9 Å². The van der Waals surface area contributed by atoms with Crippen molar-refractivity contribution in [2.24, 2.45) is 0 Å². The van der Waals surface area contributed by atoms with Crippen LogP contribution in [0.5, 0.6) is 5.75 Å². The largest absolute Gasteiger partial charge is 0.488 e. The Labute approximate surface area is 148 Å². The molecule has 0 aromatic heterocycles. The number of hydrogen-bond donors (Lipinski definition) is 1. The van der Waals surface area contributed by atoms with Crippen molar-refractivity contribution in [2.75, 3.05) is 7.05 Å². The Morgan fingerprint density at radius 1 is 0.840 bits per heavy atom. The molecule has 0 saturated carbocycles. The number of nitrogens with one attached hydrogen (secondary N) is 1. The van der Waals surface area contributed by atoms with E-state index in [-0.39, 0.29) is 5.91 Å². The predicted octanol–water partition coefficient (Wildman–Crippen LogP) is 4.22. The third kappa shape index (κ3) is 4.27. The van der Waals surface area contributed by atoms with Crippen LogP contribution in [0.15, 0.2) is 78.9 Å². The number of benzene rings is 3. The summed E-state index contributed by atoms with van der Waals surface area (Å²) >= 11 is 0. The van der Waals surface area contributed by atoms with Gasteiger partial charge in [0.1, 0.15) is 12.4 Å². The molecule has 0 spiro atoms. The molecule has 0 aliphatic carbocycles. The molecule has 0 radical (unpaired) electrons. The van der Waals surface area contributed by atoms with Crippen molar-refractivity contribution < 1.29 is 9.53 Å². The molecule has 3 nitrogen and oxygen atoms in total. The molecule has 3 aromatic rings. The van der Waals surface area contributed by atoms with Crippen LogP contribution >= 0.6 is 0 Å². The predicted molar refractivity (Wildman–Crippen MR) is 100 cm³/mol. The molecule has 0 atom stereocenters. The summed E-state index contributed by atoms with van der Waals surface area (Å²) in [5.41, 5.74) is 4.13. The van der Waals surface area contributed by atoms with Crippen LogP contribution in [0.4, 0.5) is 0 Å². The topological polar surface area (TPSA) is 38.3 Å². The van der Waals surface area contributed by atoms with E-state index < -0.39 is 0 Å². The van der Waals surface area contributed by atoms with Crippen LogP contribution in [-0.2, 0) is 17.8 Å². The van der Waals surface area contributed by atoms with E-state index in [1.165, 1.54) is 0 Å². The van der Waals surface area contributed by atoms with Crippen molar-refractivity contribution in [1.82, 2.24) is 5.32 Å². The Kier molecular flexibility index (Phi) is 5.47. The molecule has 0 bridgehead atoms. The minimum Gasteiger partial charge on any atom is -0.488 e. The Hall–Kier alpha value is -3.07. The SMILES string of the molecule is CNC(=O)Cc1ccccc1-c1ccccc1OCc1ccccc1. The number of carbonyl (C=O) groups is 1. The summed E-state index contributed by atoms with van der Waals surface area (Å²) in [5, 5.41) is 2.68. The second-order valence-electron chi connectivity index (χ2n) is 5.78. The minimum atomic E-state index is -0.00450. The van der Waals surface area contributed by atoms with E-state index in [0.29, 0.717) is 13.0 Å². The molecule has 1 amide bonds. The van der Waals surface area contributed by atoms with E-state index in [9.17, 15) is 4.79 Å². The molecular formula is C22H21NO2. The van der Waals surface area contributed by atoms with E-state index in [1.54, 1.807) is 7.05 Å². The van der Waals surface area contributed by atoms with Crippen LogP contribution in [0.25, 0.3) is 11.1 Å². The number of likely N-dealkylation sites (N-methyl/N-ethyl adjacent to an activating group) is 1. The van der Waals surface area contributed by atoms with Crippen LogP contribution in [0.1, 0.15) is 11.1 Å². The zero-order valence-corrected chi connectivity index (χ0v) is 14.2. The van der Waals surface area contributed by atoms with Gasteiger partial charge in [-0.15, -0.1) is 0 Å². The first-order chi connectivity index (χ1) is 12.3. The number of carbonyl (C=O) groups excluding carboxylic acids is 1. The molecule has 1 N–H and O–H groups in total. The van der Waals surface area contributed by atoms with Gasteiger partial charge in [-0.2, -0.15) is 0 Å². The van der Waals surface area contributed by atoms with Crippen molar-refractivity contribution in [2.45, 2.75) is 13.0 Å². The second-order valence-corrected chi connectivity index (χ2v) is 5.78. The second kappa shape index (κ2) is 8.15. The summed E-state index contributed by atoms with van der Waals surface area (Å²) in [6, 6.07) is 26.0. The smallest absolute Gasteiger partial charge is 0.224 e. The maximum atomic E-state index is 11.8. The van der Waals surface area contributed by atoms with Gasteiger partial charge < -0.3 is 10.1 Å². The molecular weight excluding hydrogens is 310 g/mol. The van der Waals surface area contributed by atoms with Crippen LogP contribution in [-0.4, -0.2) is 13.0 Å². The van der Waals surface area contributed by atoms with E-state index in [0.717, 1.165) is 28.0 Å². The highest BCUT2D eigenvalue weighted by atomic mass is 16.5. The van der Waals surface area contributed by atoms with Crippen LogP contribution in [0.2, 0.25) is 0 Å². The van der Waals surface area contributed by atoms with Gasteiger partial charge in [-0.25, -0.2) is 0 Å². The monoisotopic (exact) mass is 331 g/mol. The van der Waals surface area contributed by atoms with Gasteiger partial charge in [-0.3, -0.25) is 4.79 Å². The molecule has 126 valence electrons. The first kappa shape index (κ1) is 16.8. The highest BCUT2D eigenvalue weighted by Crippen LogP contribution is 2.33. The average molecular weight is 331 g/mol. The van der Waals surface area contributed by atoms with E-state index in [4.69, 9.17) is 4.74 Å². The summed E-state index contributed by atoms with van der Waals surface area (Å²) in [6.45, 7) is 0.509. The fourth-order valence-corrected chi connectivity index (χ4v) is 2.75. The van der Waals surface area contributed by atoms with Crippen LogP contribution in [0.3, 0.4) is 0 Å². The molecule has 3 rings (SSSR count). The molecule has 0 aliphatic heterocycles. The maximum Gasteiger partial charge on any atom is 0.224 e. The van der Waals surface area contributed by atoms with Gasteiger partial charge in [0.05, 0.1) is 6.42 Å². The molecule has 3 aromatic carbocycles. The van der Waals surface area contributed by atoms with Crippen LogP contribution in [0, 0.1) is 0 Å². The van der Waals surface area contributed by atoms with Gasteiger partial charge in [-0.05, 0) is 22.8 Å². The van der Waals surface area contributed by atoms with Gasteiger partial charge in [0.25, 0.3) is 0 Å². The van der Waals surface area contributed by atoms with Crippen molar-refractivity contribution in [3.8, 4) is 16.9 Å². The molecule has 25 heavy (non-hydrogen) atoms. The van der Waals surface area contributed by atoms with Crippen molar-refractivity contribution >= 4 is 5.91 Å². The van der Waals surface area contributed by atoms with Gasteiger partial charge in [0, 0.05) is 12.6 Å². The van der Waals surface area contributed by atoms with Gasteiger partial charge in [0.2, 0.25) is 5.91 Å². The van der Waals surface area contributed by atoms with Crippen molar-refractivity contribution in [3.05, 3.63) is 90.0 Å². The summed E-state index contributed by atoms with van der Waals surface area (Å²) in [7, 11) is 1.65. The highest BCUT2D eigenvalue weighted by molar-refractivity contribution is 5.83. The first-order valence-corrected chi connectivity index (χ1v) is 8.32. The average Bonchev–Trinajstić information content (AvgIpc) is 2.68. The number of rotatable bonds is 6. The normalized spacial score (nSPS) is 10.3. The maximum absolute atomic E-state index is 11.8. The molecule has 0 saturated heterocycles. The van der Waals surface area contributed by atoms with E-state index >= 15 is 0 Å². The minimum absolute atomic E-state index is 0.00450. The van der Waals surface area contributed by atoms with Gasteiger partial charge in [-0.1, -0.05) is 72.8 Å². The Morgan fingerprint density at radius 3 is 2.24 bits per heavy atom. The molecule has 3 heteroatoms. The number of para-hydroxylation sites is 1. The fraction of sp³-hybridized carbons (Fsp3) is 0.136. The van der Waals surface area contributed by atoms with Crippen molar-refractivity contribution in [1.29, 1.82) is 0 Å². The number of hydrogen-bond acceptors (Lipinski definition) is 2. The summed E-state index contributed by atoms with van der Waals surface area (Å²) in [4.78, 5) is 11.8. The number of ether oxygens (including phenoxy) is 1. The van der Waals surface area contributed by atoms with Crippen LogP contribution < -0.4 is 10.1 Å². The lowest BCUT2D eigenvalue weighted by molar-refractivity contribution is -0.119. The fourth-order valence-electron chi connectivity index (χ4n) is 2.75. The number of amides is 1. The first-order valence-electron chi connectivity index (χ1n) is 8.32. The van der Waals surface area contributed by atoms with E-state index in [2.05, 4.69) is 5.32 Å². The summed E-state index contributed by atoms with van der Waals surface area (Å²) < 4.78 is 6.06. The quantitative estimate of drug-likeness (QED) is 0.734. The lowest BCUT2D eigenvalue weighted by Crippen LogP contribution is -2.20. The summed E-state index contributed by atoms with van der Waals surface area (Å²) in [5.74, 6) is 0.811. The lowest BCUT2D eigenvalue weighted by atomic mass is 9.96. The highest BCUT2D eigenvalue weighted by Gasteiger charge is 2.12. The molecule has 0 heterocycles. The Balaban J connectivity index is 1.89. The molecule has 0 aliphatic rings. The van der Waals surface area contributed by atoms with Gasteiger partial charge >= 0.3 is 0 Å². The Morgan fingerprint density at radius 2 is 1.48 bits per heavy atom. The lowest BCUT2D eigenvalue weighted by Gasteiger charge is -2.14. The molecule has 0 fully saturated rings.